The van der Waals surface area contributed by atoms with Gasteiger partial charge in [-0.05, 0) is 36.2 Å². The lowest BCUT2D eigenvalue weighted by molar-refractivity contribution is 0.296. The molecule has 0 aliphatic carbocycles. The second-order valence-electron chi connectivity index (χ2n) is 6.15. The van der Waals surface area contributed by atoms with Gasteiger partial charge in [0.15, 0.2) is 5.96 Å². The Labute approximate surface area is 151 Å². The normalized spacial score (nSPS) is 11.7. The maximum Gasteiger partial charge on any atom is 0.188 e. The van der Waals surface area contributed by atoms with E-state index in [0.717, 1.165) is 32.6 Å². The van der Waals surface area contributed by atoms with Crippen LogP contribution < -0.4 is 11.1 Å². The quantitative estimate of drug-likeness (QED) is 0.545. The number of nitrogens with one attached hydrogen (secondary N) is 1. The summed E-state index contributed by atoms with van der Waals surface area (Å²) in [5, 5.41) is 3.19. The van der Waals surface area contributed by atoms with Crippen LogP contribution in [0.15, 0.2) is 59.6 Å². The van der Waals surface area contributed by atoms with Gasteiger partial charge in [0.25, 0.3) is 0 Å². The van der Waals surface area contributed by atoms with Crippen LogP contribution in [-0.4, -0.2) is 30.5 Å². The van der Waals surface area contributed by atoms with E-state index >= 15 is 0 Å². The van der Waals surface area contributed by atoms with Gasteiger partial charge < -0.3 is 11.1 Å². The predicted octanol–water partition coefficient (Wildman–Crippen LogP) is 3.18. The second kappa shape index (κ2) is 10.5. The number of guanidine groups is 1. The number of nitrogens with zero attached hydrogens (tertiary/aromatic N) is 2. The molecule has 0 amide bonds. The Kier molecular flexibility index (Phi) is 7.99. The van der Waals surface area contributed by atoms with E-state index in [2.05, 4.69) is 77.6 Å². The summed E-state index contributed by atoms with van der Waals surface area (Å²) in [4.78, 5) is 6.86. The zero-order valence-electron chi connectivity index (χ0n) is 15.4. The highest BCUT2D eigenvalue weighted by Crippen LogP contribution is 2.09. The summed E-state index contributed by atoms with van der Waals surface area (Å²) in [6, 6.07) is 19.0. The molecule has 0 bridgehead atoms. The Bertz CT molecular complexity index is 648. The van der Waals surface area contributed by atoms with Crippen molar-refractivity contribution in [2.75, 3.05) is 19.6 Å². The first-order valence-electron chi connectivity index (χ1n) is 9.09. The number of rotatable bonds is 9. The maximum absolute atomic E-state index is 5.98. The standard InChI is InChI=1S/C21H30N4/c1-3-25(4-2)17-20-12-8-11-19(15-20)16-24-21(22)23-14-13-18-9-6-5-7-10-18/h5-12,15H,3-4,13-14,16-17H2,1-2H3,(H3,22,23,24). The Morgan fingerprint density at radius 2 is 1.64 bits per heavy atom. The third kappa shape index (κ3) is 6.98. The molecule has 4 nitrogen and oxygen atoms in total. The summed E-state index contributed by atoms with van der Waals surface area (Å²) in [7, 11) is 0. The molecule has 0 saturated carbocycles. The molecule has 25 heavy (non-hydrogen) atoms. The molecule has 0 radical (unpaired) electrons. The van der Waals surface area contributed by atoms with Gasteiger partial charge in [-0.1, -0.05) is 68.4 Å². The lowest BCUT2D eigenvalue weighted by Crippen LogP contribution is -2.33. The molecular formula is C21H30N4. The first-order valence-corrected chi connectivity index (χ1v) is 9.09. The van der Waals surface area contributed by atoms with E-state index in [9.17, 15) is 0 Å². The summed E-state index contributed by atoms with van der Waals surface area (Å²) in [5.74, 6) is 0.505. The fraction of sp³-hybridized carbons (Fsp3) is 0.381. The molecule has 0 aromatic heterocycles. The van der Waals surface area contributed by atoms with Crippen molar-refractivity contribution in [2.45, 2.75) is 33.4 Å². The molecule has 0 aliphatic heterocycles. The number of aliphatic imine (C=N–C) groups is 1. The van der Waals surface area contributed by atoms with Gasteiger partial charge in [-0.2, -0.15) is 0 Å². The van der Waals surface area contributed by atoms with E-state index in [1.807, 2.05) is 6.07 Å². The van der Waals surface area contributed by atoms with Crippen LogP contribution in [0.5, 0.6) is 0 Å². The van der Waals surface area contributed by atoms with Gasteiger partial charge in [0.1, 0.15) is 0 Å². The smallest absolute Gasteiger partial charge is 0.188 e. The molecule has 0 unspecified atom stereocenters. The fourth-order valence-electron chi connectivity index (χ4n) is 2.74. The van der Waals surface area contributed by atoms with E-state index in [4.69, 9.17) is 5.73 Å². The fourth-order valence-corrected chi connectivity index (χ4v) is 2.74. The molecule has 2 aromatic carbocycles. The topological polar surface area (TPSA) is 53.6 Å². The lowest BCUT2D eigenvalue weighted by Gasteiger charge is -2.18. The van der Waals surface area contributed by atoms with Gasteiger partial charge in [0, 0.05) is 13.1 Å². The SMILES string of the molecule is CCN(CC)Cc1cccc(CN=C(N)NCCc2ccccc2)c1. The van der Waals surface area contributed by atoms with Crippen LogP contribution in [-0.2, 0) is 19.5 Å². The Morgan fingerprint density at radius 1 is 0.960 bits per heavy atom. The van der Waals surface area contributed by atoms with Crippen LogP contribution in [0, 0.1) is 0 Å². The van der Waals surface area contributed by atoms with Gasteiger partial charge in [-0.25, -0.2) is 4.99 Å². The Morgan fingerprint density at radius 3 is 2.36 bits per heavy atom. The average Bonchev–Trinajstić information content (AvgIpc) is 2.65. The van der Waals surface area contributed by atoms with Crippen LogP contribution in [0.3, 0.4) is 0 Å². The zero-order chi connectivity index (χ0) is 17.9. The molecule has 0 atom stereocenters. The van der Waals surface area contributed by atoms with Crippen LogP contribution in [0.4, 0.5) is 0 Å². The Hall–Kier alpha value is -2.33. The number of nitrogens with two attached hydrogens (primary N) is 1. The van der Waals surface area contributed by atoms with E-state index < -0.39 is 0 Å². The highest BCUT2D eigenvalue weighted by Gasteiger charge is 2.02. The van der Waals surface area contributed by atoms with E-state index in [-0.39, 0.29) is 0 Å². The average molecular weight is 338 g/mol. The minimum absolute atomic E-state index is 0.505. The van der Waals surface area contributed by atoms with Crippen LogP contribution in [0.25, 0.3) is 0 Å². The highest BCUT2D eigenvalue weighted by molar-refractivity contribution is 5.77. The third-order valence-corrected chi connectivity index (χ3v) is 4.29. The molecule has 4 heteroatoms. The van der Waals surface area contributed by atoms with Crippen LogP contribution >= 0.6 is 0 Å². The molecule has 0 spiro atoms. The number of hydrogen-bond donors (Lipinski definition) is 2. The third-order valence-electron chi connectivity index (χ3n) is 4.29. The zero-order valence-corrected chi connectivity index (χ0v) is 15.4. The van der Waals surface area contributed by atoms with E-state index in [1.54, 1.807) is 0 Å². The molecule has 0 fully saturated rings. The molecule has 134 valence electrons. The second-order valence-corrected chi connectivity index (χ2v) is 6.15. The van der Waals surface area contributed by atoms with Crippen molar-refractivity contribution in [1.29, 1.82) is 0 Å². The number of hydrogen-bond acceptors (Lipinski definition) is 2. The van der Waals surface area contributed by atoms with Gasteiger partial charge >= 0.3 is 0 Å². The molecule has 0 heterocycles. The minimum Gasteiger partial charge on any atom is -0.370 e. The maximum atomic E-state index is 5.98. The van der Waals surface area contributed by atoms with E-state index in [0.29, 0.717) is 12.5 Å². The lowest BCUT2D eigenvalue weighted by atomic mass is 10.1. The molecular weight excluding hydrogens is 308 g/mol. The van der Waals surface area contributed by atoms with Crippen molar-refractivity contribution in [3.8, 4) is 0 Å². The van der Waals surface area contributed by atoms with Crippen molar-refractivity contribution in [2.24, 2.45) is 10.7 Å². The van der Waals surface area contributed by atoms with Gasteiger partial charge in [-0.3, -0.25) is 4.90 Å². The summed E-state index contributed by atoms with van der Waals surface area (Å²) < 4.78 is 0. The summed E-state index contributed by atoms with van der Waals surface area (Å²) in [5.41, 5.74) is 9.79. The van der Waals surface area contributed by atoms with Crippen molar-refractivity contribution in [3.05, 3.63) is 71.3 Å². The van der Waals surface area contributed by atoms with Gasteiger partial charge in [-0.15, -0.1) is 0 Å². The van der Waals surface area contributed by atoms with Crippen LogP contribution in [0.1, 0.15) is 30.5 Å². The van der Waals surface area contributed by atoms with E-state index in [1.165, 1.54) is 16.7 Å². The summed E-state index contributed by atoms with van der Waals surface area (Å²) in [6.45, 7) is 8.90. The van der Waals surface area contributed by atoms with Gasteiger partial charge in [0.2, 0.25) is 0 Å². The van der Waals surface area contributed by atoms with Crippen molar-refractivity contribution >= 4 is 5.96 Å². The van der Waals surface area contributed by atoms with Crippen LogP contribution in [0.2, 0.25) is 0 Å². The first-order chi connectivity index (χ1) is 12.2. The molecule has 3 N–H and O–H groups in total. The molecule has 0 aliphatic rings. The van der Waals surface area contributed by atoms with Crippen molar-refractivity contribution in [1.82, 2.24) is 10.2 Å². The Balaban J connectivity index is 1.81. The highest BCUT2D eigenvalue weighted by atomic mass is 15.1. The monoisotopic (exact) mass is 338 g/mol. The molecule has 2 aromatic rings. The molecule has 0 saturated heterocycles. The summed E-state index contributed by atoms with van der Waals surface area (Å²) >= 11 is 0. The van der Waals surface area contributed by atoms with Crippen molar-refractivity contribution < 1.29 is 0 Å². The van der Waals surface area contributed by atoms with Crippen molar-refractivity contribution in [3.63, 3.8) is 0 Å². The summed E-state index contributed by atoms with van der Waals surface area (Å²) in [6.07, 6.45) is 0.941. The largest absolute Gasteiger partial charge is 0.370 e. The molecule has 2 rings (SSSR count). The van der Waals surface area contributed by atoms with Gasteiger partial charge in [0.05, 0.1) is 6.54 Å². The predicted molar refractivity (Wildman–Crippen MR) is 107 cm³/mol. The minimum atomic E-state index is 0.505. The first kappa shape index (κ1) is 19.0. The number of benzene rings is 2.